The van der Waals surface area contributed by atoms with Gasteiger partial charge in [0.1, 0.15) is 0 Å². The van der Waals surface area contributed by atoms with Crippen molar-refractivity contribution in [2.45, 2.75) is 6.18 Å². The third-order valence-electron chi connectivity index (χ3n) is 2.49. The summed E-state index contributed by atoms with van der Waals surface area (Å²) < 4.78 is 49.5. The van der Waals surface area contributed by atoms with E-state index < -0.39 is 19.0 Å². The van der Waals surface area contributed by atoms with Gasteiger partial charge in [-0.05, 0) is 18.2 Å². The molecule has 1 heterocycles. The Hall–Kier alpha value is -1.22. The van der Waals surface area contributed by atoms with E-state index in [9.17, 15) is 17.7 Å². The fourth-order valence-corrected chi connectivity index (χ4v) is 3.58. The number of anilines is 1. The van der Waals surface area contributed by atoms with Crippen molar-refractivity contribution in [3.8, 4) is 0 Å². The summed E-state index contributed by atoms with van der Waals surface area (Å²) in [4.78, 5) is 0. The van der Waals surface area contributed by atoms with Crippen LogP contribution < -0.4 is 5.09 Å². The molecular formula is C11H11F3NOP. The van der Waals surface area contributed by atoms with E-state index in [1.165, 1.54) is 12.1 Å². The Morgan fingerprint density at radius 3 is 2.41 bits per heavy atom. The molecule has 0 fully saturated rings. The van der Waals surface area contributed by atoms with Gasteiger partial charge in [0.05, 0.1) is 5.56 Å². The second kappa shape index (κ2) is 4.22. The first-order valence-electron chi connectivity index (χ1n) is 5.08. The molecule has 1 aromatic rings. The van der Waals surface area contributed by atoms with Gasteiger partial charge >= 0.3 is 6.18 Å². The maximum Gasteiger partial charge on any atom is 0.416 e. The maximum absolute atomic E-state index is 12.5. The molecule has 2 nitrogen and oxygen atoms in total. The number of rotatable bonds is 2. The molecule has 0 radical (unpaired) electrons. The summed E-state index contributed by atoms with van der Waals surface area (Å²) in [5.41, 5.74) is -0.479. The van der Waals surface area contributed by atoms with Gasteiger partial charge in [0.25, 0.3) is 0 Å². The Bertz CT molecular complexity index is 484. The van der Waals surface area contributed by atoms with Crippen molar-refractivity contribution in [1.82, 2.24) is 0 Å². The molecule has 1 N–H and O–H groups in total. The van der Waals surface area contributed by atoms with E-state index in [0.717, 1.165) is 12.1 Å². The molecule has 0 saturated heterocycles. The first-order chi connectivity index (χ1) is 7.89. The Labute approximate surface area is 97.0 Å². The molecule has 92 valence electrons. The lowest BCUT2D eigenvalue weighted by atomic mass is 10.2. The monoisotopic (exact) mass is 261 g/mol. The van der Waals surface area contributed by atoms with Gasteiger partial charge in [0.2, 0.25) is 0 Å². The van der Waals surface area contributed by atoms with E-state index >= 15 is 0 Å². The molecule has 0 amide bonds. The first kappa shape index (κ1) is 12.2. The van der Waals surface area contributed by atoms with Crippen molar-refractivity contribution in [2.24, 2.45) is 0 Å². The summed E-state index contributed by atoms with van der Waals surface area (Å²) in [5.74, 6) is 0. The third-order valence-corrected chi connectivity index (χ3v) is 4.76. The van der Waals surface area contributed by atoms with Gasteiger partial charge in [-0.3, -0.25) is 4.57 Å². The molecular weight excluding hydrogens is 250 g/mol. The third kappa shape index (κ3) is 2.91. The lowest BCUT2D eigenvalue weighted by Gasteiger charge is -2.16. The quantitative estimate of drug-likeness (QED) is 0.644. The average molecular weight is 261 g/mol. The maximum atomic E-state index is 12.5. The molecule has 0 spiro atoms. The number of benzene rings is 1. The predicted molar refractivity (Wildman–Crippen MR) is 61.5 cm³/mol. The summed E-state index contributed by atoms with van der Waals surface area (Å²) in [6.45, 7) is 0. The van der Waals surface area contributed by atoms with E-state index in [4.69, 9.17) is 0 Å². The number of hydrogen-bond acceptors (Lipinski definition) is 1. The fraction of sp³-hybridized carbons (Fsp3) is 0.273. The van der Waals surface area contributed by atoms with Gasteiger partial charge in [-0.25, -0.2) is 0 Å². The molecule has 1 aromatic carbocycles. The molecule has 0 atom stereocenters. The fourth-order valence-electron chi connectivity index (χ4n) is 1.66. The topological polar surface area (TPSA) is 29.1 Å². The SMILES string of the molecule is O=P1(Nc2cccc(C(F)(F)F)c2)CC=CC1. The van der Waals surface area contributed by atoms with Crippen LogP contribution in [0, 0.1) is 0 Å². The van der Waals surface area contributed by atoms with Crippen LogP contribution in [-0.4, -0.2) is 12.3 Å². The molecule has 0 aliphatic carbocycles. The highest BCUT2D eigenvalue weighted by Gasteiger charge is 2.31. The van der Waals surface area contributed by atoms with Gasteiger partial charge < -0.3 is 5.09 Å². The lowest BCUT2D eigenvalue weighted by molar-refractivity contribution is -0.137. The van der Waals surface area contributed by atoms with Crippen LogP contribution in [0.3, 0.4) is 0 Å². The Morgan fingerprint density at radius 2 is 1.82 bits per heavy atom. The largest absolute Gasteiger partial charge is 0.416 e. The second-order valence-electron chi connectivity index (χ2n) is 3.92. The van der Waals surface area contributed by atoms with E-state index in [-0.39, 0.29) is 5.69 Å². The zero-order valence-electron chi connectivity index (χ0n) is 8.87. The summed E-state index contributed by atoms with van der Waals surface area (Å²) >= 11 is 0. The number of allylic oxidation sites excluding steroid dienone is 2. The zero-order valence-corrected chi connectivity index (χ0v) is 9.76. The van der Waals surface area contributed by atoms with Crippen LogP contribution in [0.15, 0.2) is 36.4 Å². The number of alkyl halides is 3. The zero-order chi connectivity index (χ0) is 12.5. The van der Waals surface area contributed by atoms with Gasteiger partial charge in [-0.2, -0.15) is 13.2 Å². The average Bonchev–Trinajstić information content (AvgIpc) is 2.64. The second-order valence-corrected chi connectivity index (χ2v) is 6.65. The molecule has 0 bridgehead atoms. The number of nitrogens with one attached hydrogen (secondary N) is 1. The highest BCUT2D eigenvalue weighted by molar-refractivity contribution is 7.66. The minimum absolute atomic E-state index is 0.256. The Balaban J connectivity index is 2.20. The van der Waals surface area contributed by atoms with Crippen LogP contribution >= 0.6 is 7.29 Å². The predicted octanol–water partition coefficient (Wildman–Crippen LogP) is 3.97. The van der Waals surface area contributed by atoms with Crippen molar-refractivity contribution >= 4 is 13.0 Å². The molecule has 6 heteroatoms. The summed E-state index contributed by atoms with van der Waals surface area (Å²) in [6, 6.07) is 4.78. The van der Waals surface area contributed by atoms with E-state index in [2.05, 4.69) is 5.09 Å². The van der Waals surface area contributed by atoms with Gasteiger partial charge in [0, 0.05) is 18.0 Å². The highest BCUT2D eigenvalue weighted by Crippen LogP contribution is 2.48. The van der Waals surface area contributed by atoms with Crippen LogP contribution in [0.1, 0.15) is 5.56 Å². The summed E-state index contributed by atoms with van der Waals surface area (Å²) in [7, 11) is -2.59. The van der Waals surface area contributed by atoms with Crippen molar-refractivity contribution in [3.63, 3.8) is 0 Å². The Kier molecular flexibility index (Phi) is 3.04. The minimum atomic E-state index is -4.37. The molecule has 17 heavy (non-hydrogen) atoms. The minimum Gasteiger partial charge on any atom is -0.336 e. The van der Waals surface area contributed by atoms with E-state index in [1.54, 1.807) is 12.2 Å². The first-order valence-corrected chi connectivity index (χ1v) is 7.15. The van der Waals surface area contributed by atoms with Crippen molar-refractivity contribution < 1.29 is 17.7 Å². The van der Waals surface area contributed by atoms with Crippen LogP contribution in [0.2, 0.25) is 0 Å². The normalized spacial score (nSPS) is 18.3. The Morgan fingerprint density at radius 1 is 1.18 bits per heavy atom. The van der Waals surface area contributed by atoms with Crippen molar-refractivity contribution in [1.29, 1.82) is 0 Å². The highest BCUT2D eigenvalue weighted by atomic mass is 31.2. The van der Waals surface area contributed by atoms with Crippen LogP contribution in [-0.2, 0) is 10.7 Å². The lowest BCUT2D eigenvalue weighted by Crippen LogP contribution is -2.06. The molecule has 2 rings (SSSR count). The van der Waals surface area contributed by atoms with Crippen molar-refractivity contribution in [2.75, 3.05) is 17.4 Å². The summed E-state index contributed by atoms with van der Waals surface area (Å²) in [6.07, 6.45) is -0.0324. The molecule has 0 aromatic heterocycles. The number of halogens is 3. The standard InChI is InChI=1S/C11H11F3NOP/c12-11(13,14)9-4-3-5-10(8-9)15-17(16)6-1-2-7-17/h1-5,8H,6-7H2,(H,15,16). The van der Waals surface area contributed by atoms with Gasteiger partial charge in [0.15, 0.2) is 7.29 Å². The van der Waals surface area contributed by atoms with Crippen LogP contribution in [0.4, 0.5) is 18.9 Å². The molecule has 1 aliphatic rings. The van der Waals surface area contributed by atoms with Gasteiger partial charge in [-0.1, -0.05) is 18.2 Å². The van der Waals surface area contributed by atoms with E-state index in [0.29, 0.717) is 12.3 Å². The molecule has 0 unspecified atom stereocenters. The molecule has 1 aliphatic heterocycles. The summed E-state index contributed by atoms with van der Waals surface area (Å²) in [5, 5.41) is 2.72. The van der Waals surface area contributed by atoms with Crippen molar-refractivity contribution in [3.05, 3.63) is 42.0 Å². The van der Waals surface area contributed by atoms with Crippen LogP contribution in [0.25, 0.3) is 0 Å². The van der Waals surface area contributed by atoms with Gasteiger partial charge in [-0.15, -0.1) is 0 Å². The number of hydrogen-bond donors (Lipinski definition) is 1. The smallest absolute Gasteiger partial charge is 0.336 e. The van der Waals surface area contributed by atoms with Crippen LogP contribution in [0.5, 0.6) is 0 Å². The van der Waals surface area contributed by atoms with E-state index in [1.807, 2.05) is 0 Å². The molecule has 0 saturated carbocycles.